The largest absolute Gasteiger partial charge is 0.389 e. The van der Waals surface area contributed by atoms with E-state index in [-0.39, 0.29) is 0 Å². The molecule has 116 valence electrons. The highest BCUT2D eigenvalue weighted by molar-refractivity contribution is 7.10. The molecule has 0 bridgehead atoms. The third-order valence-corrected chi connectivity index (χ3v) is 4.73. The van der Waals surface area contributed by atoms with Crippen molar-refractivity contribution in [3.05, 3.63) is 57.2 Å². The van der Waals surface area contributed by atoms with Crippen molar-refractivity contribution in [3.8, 4) is 0 Å². The molecule has 0 amide bonds. The van der Waals surface area contributed by atoms with E-state index in [2.05, 4.69) is 10.5 Å². The van der Waals surface area contributed by atoms with Gasteiger partial charge < -0.3 is 5.43 Å². The van der Waals surface area contributed by atoms with Gasteiger partial charge in [0.2, 0.25) is 0 Å². The second kappa shape index (κ2) is 5.93. The molecular weight excluding hydrogens is 333 g/mol. The first-order valence-electron chi connectivity index (χ1n) is 6.63. The summed E-state index contributed by atoms with van der Waals surface area (Å²) < 4.78 is 38.9. The summed E-state index contributed by atoms with van der Waals surface area (Å²) in [4.78, 5) is 0.849. The molecule has 2 nitrogen and oxygen atoms in total. The first-order valence-corrected chi connectivity index (χ1v) is 7.89. The summed E-state index contributed by atoms with van der Waals surface area (Å²) in [5, 5.41) is 6.56. The van der Waals surface area contributed by atoms with Crippen LogP contribution in [0.5, 0.6) is 0 Å². The SMILES string of the molecule is FC(F)(F)CC1C(c2ccc(Cl)cc2)=NNC1c1cccs1. The number of nitrogens with zero attached hydrogens (tertiary/aromatic N) is 1. The lowest BCUT2D eigenvalue weighted by Gasteiger charge is -2.21. The molecule has 1 aromatic carbocycles. The summed E-state index contributed by atoms with van der Waals surface area (Å²) in [5.74, 6) is -0.750. The third-order valence-electron chi connectivity index (χ3n) is 3.52. The molecule has 0 radical (unpaired) electrons. The van der Waals surface area contributed by atoms with Gasteiger partial charge in [0.15, 0.2) is 0 Å². The van der Waals surface area contributed by atoms with Crippen LogP contribution in [0.25, 0.3) is 0 Å². The van der Waals surface area contributed by atoms with Crippen LogP contribution in [0.2, 0.25) is 5.02 Å². The molecule has 0 spiro atoms. The van der Waals surface area contributed by atoms with Crippen LogP contribution in [0.1, 0.15) is 22.9 Å². The van der Waals surface area contributed by atoms with Gasteiger partial charge in [-0.25, -0.2) is 0 Å². The van der Waals surface area contributed by atoms with Gasteiger partial charge in [-0.1, -0.05) is 29.8 Å². The van der Waals surface area contributed by atoms with Gasteiger partial charge in [0.1, 0.15) is 0 Å². The molecule has 22 heavy (non-hydrogen) atoms. The lowest BCUT2D eigenvalue weighted by atomic mass is 9.88. The molecule has 0 saturated heterocycles. The van der Waals surface area contributed by atoms with E-state index in [1.807, 2.05) is 17.5 Å². The van der Waals surface area contributed by atoms with Crippen molar-refractivity contribution < 1.29 is 13.2 Å². The van der Waals surface area contributed by atoms with Gasteiger partial charge in [0, 0.05) is 15.8 Å². The van der Waals surface area contributed by atoms with E-state index in [9.17, 15) is 13.2 Å². The monoisotopic (exact) mass is 344 g/mol. The lowest BCUT2D eigenvalue weighted by Crippen LogP contribution is -2.27. The number of alkyl halides is 3. The second-order valence-corrected chi connectivity index (χ2v) is 6.47. The fourth-order valence-electron chi connectivity index (χ4n) is 2.56. The Kier molecular flexibility index (Phi) is 4.14. The fourth-order valence-corrected chi connectivity index (χ4v) is 3.52. The van der Waals surface area contributed by atoms with Gasteiger partial charge in [0.05, 0.1) is 18.2 Å². The smallest absolute Gasteiger partial charge is 0.301 e. The normalized spacial score (nSPS) is 21.5. The van der Waals surface area contributed by atoms with Crippen LogP contribution in [0.3, 0.4) is 0 Å². The average Bonchev–Trinajstić information content (AvgIpc) is 3.07. The highest BCUT2D eigenvalue weighted by atomic mass is 35.5. The zero-order valence-corrected chi connectivity index (χ0v) is 12.8. The molecule has 2 unspecified atom stereocenters. The van der Waals surface area contributed by atoms with Gasteiger partial charge in [-0.3, -0.25) is 0 Å². The van der Waals surface area contributed by atoms with Crippen molar-refractivity contribution in [2.45, 2.75) is 18.6 Å². The van der Waals surface area contributed by atoms with E-state index in [0.29, 0.717) is 16.3 Å². The Bertz CT molecular complexity index is 665. The maximum Gasteiger partial charge on any atom is 0.389 e. The number of halogens is 4. The molecule has 0 aliphatic carbocycles. The van der Waals surface area contributed by atoms with Crippen LogP contribution in [-0.2, 0) is 0 Å². The summed E-state index contributed by atoms with van der Waals surface area (Å²) >= 11 is 7.26. The van der Waals surface area contributed by atoms with E-state index in [0.717, 1.165) is 4.88 Å². The minimum atomic E-state index is -4.25. The van der Waals surface area contributed by atoms with Crippen LogP contribution in [0, 0.1) is 5.92 Å². The molecule has 1 N–H and O–H groups in total. The highest BCUT2D eigenvalue weighted by Gasteiger charge is 2.42. The zero-order chi connectivity index (χ0) is 15.7. The number of hydrogen-bond acceptors (Lipinski definition) is 3. The maximum absolute atomic E-state index is 13.0. The van der Waals surface area contributed by atoms with Crippen LogP contribution < -0.4 is 5.43 Å². The zero-order valence-electron chi connectivity index (χ0n) is 11.3. The topological polar surface area (TPSA) is 24.4 Å². The Morgan fingerprint density at radius 2 is 1.91 bits per heavy atom. The predicted octanol–water partition coefficient (Wildman–Crippen LogP) is 5.02. The number of thiophene rings is 1. The van der Waals surface area contributed by atoms with Gasteiger partial charge in [-0.05, 0) is 29.1 Å². The summed E-state index contributed by atoms with van der Waals surface area (Å²) in [6.45, 7) is 0. The van der Waals surface area contributed by atoms with Crippen molar-refractivity contribution in [1.29, 1.82) is 0 Å². The van der Waals surface area contributed by atoms with E-state index < -0.39 is 24.6 Å². The number of nitrogens with one attached hydrogen (secondary N) is 1. The lowest BCUT2D eigenvalue weighted by molar-refractivity contribution is -0.141. The van der Waals surface area contributed by atoms with Crippen molar-refractivity contribution >= 4 is 28.6 Å². The Morgan fingerprint density at radius 3 is 2.50 bits per heavy atom. The number of benzene rings is 1. The number of hydrogen-bond donors (Lipinski definition) is 1. The molecule has 1 aliphatic rings. The van der Waals surface area contributed by atoms with E-state index >= 15 is 0 Å². The minimum absolute atomic E-state index is 0.424. The van der Waals surface area contributed by atoms with Gasteiger partial charge in [-0.2, -0.15) is 18.3 Å². The van der Waals surface area contributed by atoms with Gasteiger partial charge in [0.25, 0.3) is 0 Å². The summed E-state index contributed by atoms with van der Waals surface area (Å²) in [5.41, 5.74) is 3.94. The Morgan fingerprint density at radius 1 is 1.18 bits per heavy atom. The van der Waals surface area contributed by atoms with E-state index in [1.165, 1.54) is 11.3 Å². The van der Waals surface area contributed by atoms with Crippen molar-refractivity contribution in [2.75, 3.05) is 0 Å². The average molecular weight is 345 g/mol. The third kappa shape index (κ3) is 3.28. The van der Waals surface area contributed by atoms with Crippen molar-refractivity contribution in [2.24, 2.45) is 11.0 Å². The molecule has 3 rings (SSSR count). The molecule has 1 aromatic heterocycles. The van der Waals surface area contributed by atoms with Crippen molar-refractivity contribution in [1.82, 2.24) is 5.43 Å². The molecule has 7 heteroatoms. The van der Waals surface area contributed by atoms with Crippen molar-refractivity contribution in [3.63, 3.8) is 0 Å². The standard InChI is InChI=1S/C15H12ClF3N2S/c16-10-5-3-9(4-6-10)13-11(8-15(17,18)19)14(21-20-13)12-2-1-7-22-12/h1-7,11,14,21H,8H2. The van der Waals surface area contributed by atoms with Crippen LogP contribution in [0.4, 0.5) is 13.2 Å². The summed E-state index contributed by atoms with van der Waals surface area (Å²) in [6.07, 6.45) is -5.16. The fraction of sp³-hybridized carbons (Fsp3) is 0.267. The molecule has 1 aliphatic heterocycles. The Labute approximate surface area is 134 Å². The number of hydrazone groups is 1. The minimum Gasteiger partial charge on any atom is -0.301 e. The predicted molar refractivity (Wildman–Crippen MR) is 82.3 cm³/mol. The van der Waals surface area contributed by atoms with Crippen LogP contribution >= 0.6 is 22.9 Å². The first kappa shape index (κ1) is 15.4. The molecule has 2 aromatic rings. The highest BCUT2D eigenvalue weighted by Crippen LogP contribution is 2.39. The first-order chi connectivity index (χ1) is 10.4. The van der Waals surface area contributed by atoms with E-state index in [1.54, 1.807) is 24.3 Å². The molecule has 0 saturated carbocycles. The van der Waals surface area contributed by atoms with E-state index in [4.69, 9.17) is 11.6 Å². The Balaban J connectivity index is 1.93. The molecule has 2 heterocycles. The summed E-state index contributed by atoms with van der Waals surface area (Å²) in [6, 6.07) is 9.91. The second-order valence-electron chi connectivity index (χ2n) is 5.05. The Hall–Kier alpha value is -1.53. The molecule has 0 fully saturated rings. The number of rotatable bonds is 3. The summed E-state index contributed by atoms with van der Waals surface area (Å²) in [7, 11) is 0. The van der Waals surface area contributed by atoms with Gasteiger partial charge in [-0.15, -0.1) is 11.3 Å². The van der Waals surface area contributed by atoms with Crippen LogP contribution in [0.15, 0.2) is 46.9 Å². The molecular formula is C15H12ClF3N2S. The maximum atomic E-state index is 13.0. The molecule has 2 atom stereocenters. The quantitative estimate of drug-likeness (QED) is 0.830. The van der Waals surface area contributed by atoms with Gasteiger partial charge >= 0.3 is 6.18 Å². The van der Waals surface area contributed by atoms with Crippen LogP contribution in [-0.4, -0.2) is 11.9 Å².